The number of ether oxygens (including phenoxy) is 1. The molecule has 0 aliphatic heterocycles. The molecule has 0 unspecified atom stereocenters. The van der Waals surface area contributed by atoms with E-state index in [0.717, 1.165) is 16.7 Å². The molecular weight excluding hydrogens is 408 g/mol. The second kappa shape index (κ2) is 10.5. The number of benzene rings is 3. The minimum Gasteiger partial charge on any atom is -0.494 e. The highest BCUT2D eigenvalue weighted by molar-refractivity contribution is 6.31. The summed E-state index contributed by atoms with van der Waals surface area (Å²) in [6, 6.07) is 22.8. The smallest absolute Gasteiger partial charge is 0.266 e. The maximum Gasteiger partial charge on any atom is 0.266 e. The first kappa shape index (κ1) is 22.1. The summed E-state index contributed by atoms with van der Waals surface area (Å²) in [7, 11) is 0. The fraction of sp³-hybridized carbons (Fsp3) is 0.154. The monoisotopic (exact) mass is 430 g/mol. The van der Waals surface area contributed by atoms with Crippen LogP contribution in [-0.4, -0.2) is 12.5 Å². The number of hydrogen-bond acceptors (Lipinski definition) is 3. The minimum absolute atomic E-state index is 0.0181. The number of rotatable bonds is 7. The van der Waals surface area contributed by atoms with E-state index in [1.54, 1.807) is 12.1 Å². The lowest BCUT2D eigenvalue weighted by molar-refractivity contribution is -0.112. The molecule has 156 valence electrons. The Balaban J connectivity index is 1.87. The van der Waals surface area contributed by atoms with Gasteiger partial charge in [-0.15, -0.1) is 0 Å². The van der Waals surface area contributed by atoms with E-state index < -0.39 is 5.91 Å². The van der Waals surface area contributed by atoms with E-state index in [9.17, 15) is 10.1 Å². The maximum atomic E-state index is 12.6. The average molecular weight is 431 g/mol. The Morgan fingerprint density at radius 3 is 2.55 bits per heavy atom. The number of anilines is 1. The third-order valence-corrected chi connectivity index (χ3v) is 5.17. The quantitative estimate of drug-likeness (QED) is 0.359. The highest BCUT2D eigenvalue weighted by atomic mass is 35.5. The van der Waals surface area contributed by atoms with Gasteiger partial charge in [0.15, 0.2) is 0 Å². The van der Waals surface area contributed by atoms with Gasteiger partial charge in [-0.25, -0.2) is 0 Å². The van der Waals surface area contributed by atoms with E-state index in [1.807, 2.05) is 80.6 Å². The predicted molar refractivity (Wildman–Crippen MR) is 125 cm³/mol. The Hall–Kier alpha value is -3.55. The van der Waals surface area contributed by atoms with Crippen LogP contribution >= 0.6 is 11.6 Å². The zero-order chi connectivity index (χ0) is 22.2. The Morgan fingerprint density at radius 2 is 1.84 bits per heavy atom. The van der Waals surface area contributed by atoms with Crippen molar-refractivity contribution in [3.63, 3.8) is 0 Å². The van der Waals surface area contributed by atoms with Gasteiger partial charge in [-0.2, -0.15) is 5.26 Å². The van der Waals surface area contributed by atoms with Crippen LogP contribution in [0.3, 0.4) is 0 Å². The second-order valence-corrected chi connectivity index (χ2v) is 7.41. The van der Waals surface area contributed by atoms with Crippen LogP contribution in [0.25, 0.3) is 6.08 Å². The third kappa shape index (κ3) is 5.75. The predicted octanol–water partition coefficient (Wildman–Crippen LogP) is 6.18. The van der Waals surface area contributed by atoms with Crippen LogP contribution < -0.4 is 10.1 Å². The molecule has 31 heavy (non-hydrogen) atoms. The Morgan fingerprint density at radius 1 is 1.10 bits per heavy atom. The van der Waals surface area contributed by atoms with Crippen LogP contribution in [0.2, 0.25) is 5.02 Å². The van der Waals surface area contributed by atoms with Crippen LogP contribution in [0.15, 0.2) is 72.3 Å². The van der Waals surface area contributed by atoms with Crippen molar-refractivity contribution in [3.05, 3.63) is 99.6 Å². The van der Waals surface area contributed by atoms with Crippen molar-refractivity contribution in [3.8, 4) is 11.8 Å². The Labute approximate surface area is 187 Å². The van der Waals surface area contributed by atoms with Gasteiger partial charge in [0.05, 0.1) is 6.61 Å². The van der Waals surface area contributed by atoms with Crippen LogP contribution in [-0.2, 0) is 11.2 Å². The fourth-order valence-electron chi connectivity index (χ4n) is 3.16. The molecule has 1 amide bonds. The number of amides is 1. The molecule has 3 aromatic rings. The molecule has 0 bridgehead atoms. The number of nitrogens with zero attached hydrogens (tertiary/aromatic N) is 1. The molecule has 4 nitrogen and oxygen atoms in total. The van der Waals surface area contributed by atoms with Crippen molar-refractivity contribution in [2.75, 3.05) is 11.9 Å². The van der Waals surface area contributed by atoms with Crippen molar-refractivity contribution in [2.24, 2.45) is 0 Å². The molecule has 0 aliphatic rings. The standard InChI is InChI=1S/C26H23ClN2O2/c1-3-31-25-15-19(12-13-21(25)16-20-9-5-6-10-23(20)27)14-22(17-28)26(30)29-24-11-7-4-8-18(24)2/h4-15H,3,16H2,1-2H3,(H,29,30)/b22-14+. The molecular formula is C26H23ClN2O2. The summed E-state index contributed by atoms with van der Waals surface area (Å²) in [6.45, 7) is 4.32. The number of nitriles is 1. The van der Waals surface area contributed by atoms with E-state index in [0.29, 0.717) is 35.1 Å². The minimum atomic E-state index is -0.449. The molecule has 3 aromatic carbocycles. The number of carbonyl (C=O) groups excluding carboxylic acids is 1. The highest BCUT2D eigenvalue weighted by Crippen LogP contribution is 2.27. The van der Waals surface area contributed by atoms with Gasteiger partial charge in [0.1, 0.15) is 17.4 Å². The molecule has 0 heterocycles. The van der Waals surface area contributed by atoms with Gasteiger partial charge in [-0.1, -0.05) is 60.1 Å². The normalized spacial score (nSPS) is 11.0. The lowest BCUT2D eigenvalue weighted by atomic mass is 10.0. The van der Waals surface area contributed by atoms with E-state index in [-0.39, 0.29) is 5.57 Å². The summed E-state index contributed by atoms with van der Waals surface area (Å²) in [5.74, 6) is 0.252. The van der Waals surface area contributed by atoms with Crippen molar-refractivity contribution >= 4 is 29.3 Å². The topological polar surface area (TPSA) is 62.1 Å². The average Bonchev–Trinajstić information content (AvgIpc) is 2.77. The van der Waals surface area contributed by atoms with Gasteiger partial charge in [-0.3, -0.25) is 4.79 Å². The summed E-state index contributed by atoms with van der Waals surface area (Å²) in [5.41, 5.74) is 4.32. The Bertz CT molecular complexity index is 1160. The maximum absolute atomic E-state index is 12.6. The highest BCUT2D eigenvalue weighted by Gasteiger charge is 2.12. The Kier molecular flexibility index (Phi) is 7.48. The zero-order valence-corrected chi connectivity index (χ0v) is 18.2. The zero-order valence-electron chi connectivity index (χ0n) is 17.5. The summed E-state index contributed by atoms with van der Waals surface area (Å²) in [4.78, 5) is 12.6. The molecule has 0 radical (unpaired) electrons. The van der Waals surface area contributed by atoms with E-state index in [1.165, 1.54) is 0 Å². The first-order chi connectivity index (χ1) is 15.0. The van der Waals surface area contributed by atoms with Gasteiger partial charge in [0.2, 0.25) is 0 Å². The third-order valence-electron chi connectivity index (χ3n) is 4.80. The van der Waals surface area contributed by atoms with Crippen molar-refractivity contribution in [2.45, 2.75) is 20.3 Å². The van der Waals surface area contributed by atoms with Crippen molar-refractivity contribution in [1.82, 2.24) is 0 Å². The molecule has 0 aromatic heterocycles. The van der Waals surface area contributed by atoms with Gasteiger partial charge in [0, 0.05) is 17.1 Å². The summed E-state index contributed by atoms with van der Waals surface area (Å²) < 4.78 is 5.82. The fourth-order valence-corrected chi connectivity index (χ4v) is 3.36. The molecule has 0 atom stereocenters. The van der Waals surface area contributed by atoms with E-state index in [2.05, 4.69) is 5.32 Å². The molecule has 5 heteroatoms. The van der Waals surface area contributed by atoms with Crippen LogP contribution in [0.1, 0.15) is 29.2 Å². The first-order valence-corrected chi connectivity index (χ1v) is 10.4. The van der Waals surface area contributed by atoms with Gasteiger partial charge < -0.3 is 10.1 Å². The molecule has 1 N–H and O–H groups in total. The van der Waals surface area contributed by atoms with Gasteiger partial charge in [0.25, 0.3) is 5.91 Å². The van der Waals surface area contributed by atoms with Crippen LogP contribution in [0, 0.1) is 18.3 Å². The number of aryl methyl sites for hydroxylation is 1. The number of carbonyl (C=O) groups is 1. The van der Waals surface area contributed by atoms with E-state index >= 15 is 0 Å². The van der Waals surface area contributed by atoms with Crippen molar-refractivity contribution < 1.29 is 9.53 Å². The molecule has 3 rings (SSSR count). The van der Waals surface area contributed by atoms with E-state index in [4.69, 9.17) is 16.3 Å². The summed E-state index contributed by atoms with van der Waals surface area (Å²) >= 11 is 6.30. The van der Waals surface area contributed by atoms with Gasteiger partial charge in [-0.05, 0) is 60.4 Å². The second-order valence-electron chi connectivity index (χ2n) is 7.01. The van der Waals surface area contributed by atoms with Crippen LogP contribution in [0.4, 0.5) is 5.69 Å². The lowest BCUT2D eigenvalue weighted by Crippen LogP contribution is -2.14. The molecule has 0 saturated carbocycles. The molecule has 0 fully saturated rings. The lowest BCUT2D eigenvalue weighted by Gasteiger charge is -2.12. The number of halogens is 1. The largest absolute Gasteiger partial charge is 0.494 e. The molecule has 0 saturated heterocycles. The number of hydrogen-bond donors (Lipinski definition) is 1. The summed E-state index contributed by atoms with van der Waals surface area (Å²) in [6.07, 6.45) is 2.19. The van der Waals surface area contributed by atoms with Crippen LogP contribution in [0.5, 0.6) is 5.75 Å². The number of nitrogens with one attached hydrogen (secondary N) is 1. The van der Waals surface area contributed by atoms with Gasteiger partial charge >= 0.3 is 0 Å². The first-order valence-electron chi connectivity index (χ1n) is 9.99. The molecule has 0 spiro atoms. The summed E-state index contributed by atoms with van der Waals surface area (Å²) in [5, 5.41) is 13.0. The number of para-hydroxylation sites is 1. The van der Waals surface area contributed by atoms with Crippen molar-refractivity contribution in [1.29, 1.82) is 5.26 Å². The SMILES string of the molecule is CCOc1cc(/C=C(\C#N)C(=O)Nc2ccccc2C)ccc1Cc1ccccc1Cl. The molecule has 0 aliphatic carbocycles.